The summed E-state index contributed by atoms with van der Waals surface area (Å²) >= 11 is 0. The van der Waals surface area contributed by atoms with Crippen molar-refractivity contribution in [3.05, 3.63) is 59.7 Å². The van der Waals surface area contributed by atoms with E-state index in [4.69, 9.17) is 4.74 Å². The van der Waals surface area contributed by atoms with Crippen LogP contribution in [-0.2, 0) is 0 Å². The van der Waals surface area contributed by atoms with Crippen LogP contribution in [0.25, 0.3) is 0 Å². The first kappa shape index (κ1) is 18.5. The lowest BCUT2D eigenvalue weighted by molar-refractivity contribution is 0.0952. The highest BCUT2D eigenvalue weighted by Gasteiger charge is 2.13. The Balaban J connectivity index is 2.12. The summed E-state index contributed by atoms with van der Waals surface area (Å²) in [5.41, 5.74) is 1.55. The van der Waals surface area contributed by atoms with E-state index < -0.39 is 0 Å². The lowest BCUT2D eigenvalue weighted by atomic mass is 10.1. The van der Waals surface area contributed by atoms with E-state index in [0.717, 1.165) is 12.8 Å². The van der Waals surface area contributed by atoms with E-state index in [9.17, 15) is 9.59 Å². The molecule has 5 heteroatoms. The van der Waals surface area contributed by atoms with Crippen LogP contribution in [0.2, 0.25) is 0 Å². The molecule has 25 heavy (non-hydrogen) atoms. The summed E-state index contributed by atoms with van der Waals surface area (Å²) in [6.45, 7) is 5.18. The van der Waals surface area contributed by atoms with Crippen molar-refractivity contribution < 1.29 is 14.3 Å². The maximum Gasteiger partial charge on any atom is 0.259 e. The molecule has 0 heterocycles. The van der Waals surface area contributed by atoms with Crippen molar-refractivity contribution in [1.29, 1.82) is 0 Å². The molecule has 0 spiro atoms. The monoisotopic (exact) mass is 340 g/mol. The molecular formula is C20H24N2O3. The number of hydrogen-bond donors (Lipinski definition) is 2. The van der Waals surface area contributed by atoms with Gasteiger partial charge in [-0.3, -0.25) is 9.59 Å². The normalized spacial score (nSPS) is 10.2. The Labute approximate surface area is 148 Å². The Morgan fingerprint density at radius 1 is 0.960 bits per heavy atom. The van der Waals surface area contributed by atoms with E-state index in [1.807, 2.05) is 19.9 Å². The van der Waals surface area contributed by atoms with Crippen LogP contribution in [0.5, 0.6) is 5.75 Å². The number of para-hydroxylation sites is 1. The van der Waals surface area contributed by atoms with Crippen molar-refractivity contribution in [1.82, 2.24) is 5.32 Å². The van der Waals surface area contributed by atoms with Crippen molar-refractivity contribution >= 4 is 17.5 Å². The third-order valence-corrected chi connectivity index (χ3v) is 3.51. The van der Waals surface area contributed by atoms with Gasteiger partial charge < -0.3 is 15.4 Å². The lowest BCUT2D eigenvalue weighted by Gasteiger charge is -2.12. The number of benzene rings is 2. The first-order valence-electron chi connectivity index (χ1n) is 8.57. The molecule has 0 aliphatic carbocycles. The molecule has 0 aliphatic heterocycles. The smallest absolute Gasteiger partial charge is 0.259 e. The number of anilines is 1. The molecule has 0 saturated heterocycles. The minimum absolute atomic E-state index is 0.148. The molecule has 132 valence electrons. The van der Waals surface area contributed by atoms with E-state index >= 15 is 0 Å². The van der Waals surface area contributed by atoms with Gasteiger partial charge >= 0.3 is 0 Å². The van der Waals surface area contributed by atoms with Crippen molar-refractivity contribution in [2.24, 2.45) is 0 Å². The Morgan fingerprint density at radius 2 is 1.76 bits per heavy atom. The van der Waals surface area contributed by atoms with Gasteiger partial charge in [-0.2, -0.15) is 0 Å². The van der Waals surface area contributed by atoms with Crippen LogP contribution >= 0.6 is 0 Å². The van der Waals surface area contributed by atoms with E-state index in [1.165, 1.54) is 0 Å². The van der Waals surface area contributed by atoms with Crippen LogP contribution < -0.4 is 15.4 Å². The zero-order chi connectivity index (χ0) is 18.1. The molecule has 0 aliphatic rings. The molecule has 0 unspecified atom stereocenters. The zero-order valence-electron chi connectivity index (χ0n) is 14.7. The molecule has 2 amide bonds. The number of hydrogen-bond acceptors (Lipinski definition) is 3. The fraction of sp³-hybridized carbons (Fsp3) is 0.300. The molecule has 2 rings (SSSR count). The van der Waals surface area contributed by atoms with Gasteiger partial charge in [-0.05, 0) is 43.2 Å². The molecule has 2 aromatic carbocycles. The van der Waals surface area contributed by atoms with E-state index in [0.29, 0.717) is 35.7 Å². The van der Waals surface area contributed by atoms with Crippen molar-refractivity contribution in [2.45, 2.75) is 26.7 Å². The topological polar surface area (TPSA) is 67.4 Å². The molecule has 2 N–H and O–H groups in total. The van der Waals surface area contributed by atoms with Crippen LogP contribution in [-0.4, -0.2) is 25.0 Å². The Morgan fingerprint density at radius 3 is 2.52 bits per heavy atom. The van der Waals surface area contributed by atoms with Gasteiger partial charge in [0.2, 0.25) is 0 Å². The fourth-order valence-corrected chi connectivity index (χ4v) is 2.27. The minimum Gasteiger partial charge on any atom is -0.493 e. The Kier molecular flexibility index (Phi) is 7.01. The number of ether oxygens (including phenoxy) is 1. The standard InChI is InChI=1S/C20H24N2O3/c1-3-12-21-19(23)15-8-7-9-16(14-15)22-20(24)17-10-5-6-11-18(17)25-13-4-2/h5-11,14H,3-4,12-13H2,1-2H3,(H,21,23)(H,22,24). The lowest BCUT2D eigenvalue weighted by Crippen LogP contribution is -2.24. The summed E-state index contributed by atoms with van der Waals surface area (Å²) in [7, 11) is 0. The fourth-order valence-electron chi connectivity index (χ4n) is 2.27. The third-order valence-electron chi connectivity index (χ3n) is 3.51. The van der Waals surface area contributed by atoms with Crippen molar-refractivity contribution in [3.63, 3.8) is 0 Å². The predicted molar refractivity (Wildman–Crippen MR) is 99.2 cm³/mol. The van der Waals surface area contributed by atoms with Gasteiger partial charge in [0.25, 0.3) is 11.8 Å². The van der Waals surface area contributed by atoms with E-state index in [2.05, 4.69) is 10.6 Å². The summed E-state index contributed by atoms with van der Waals surface area (Å²) in [5.74, 6) is 0.140. The average Bonchev–Trinajstić information content (AvgIpc) is 2.64. The van der Waals surface area contributed by atoms with Gasteiger partial charge in [-0.25, -0.2) is 0 Å². The van der Waals surface area contributed by atoms with Crippen LogP contribution in [0.4, 0.5) is 5.69 Å². The van der Waals surface area contributed by atoms with Crippen molar-refractivity contribution in [2.75, 3.05) is 18.5 Å². The summed E-state index contributed by atoms with van der Waals surface area (Å²) < 4.78 is 5.63. The van der Waals surface area contributed by atoms with E-state index in [1.54, 1.807) is 42.5 Å². The summed E-state index contributed by atoms with van der Waals surface area (Å²) in [6, 6.07) is 14.0. The summed E-state index contributed by atoms with van der Waals surface area (Å²) in [4.78, 5) is 24.6. The second-order valence-electron chi connectivity index (χ2n) is 5.64. The number of nitrogens with one attached hydrogen (secondary N) is 2. The highest BCUT2D eigenvalue weighted by Crippen LogP contribution is 2.20. The molecule has 0 fully saturated rings. The predicted octanol–water partition coefficient (Wildman–Crippen LogP) is 3.87. The maximum absolute atomic E-state index is 12.6. The van der Waals surface area contributed by atoms with Gasteiger partial charge in [-0.1, -0.05) is 32.0 Å². The molecule has 0 radical (unpaired) electrons. The number of carbonyl (C=O) groups excluding carboxylic acids is 2. The highest BCUT2D eigenvalue weighted by molar-refractivity contribution is 6.06. The maximum atomic E-state index is 12.6. The number of rotatable bonds is 8. The summed E-state index contributed by atoms with van der Waals surface area (Å²) in [5, 5.41) is 5.65. The van der Waals surface area contributed by atoms with Crippen LogP contribution in [0, 0.1) is 0 Å². The second kappa shape index (κ2) is 9.47. The van der Waals surface area contributed by atoms with Crippen LogP contribution in [0.15, 0.2) is 48.5 Å². The molecular weight excluding hydrogens is 316 g/mol. The minimum atomic E-state index is -0.266. The molecule has 5 nitrogen and oxygen atoms in total. The largest absolute Gasteiger partial charge is 0.493 e. The van der Waals surface area contributed by atoms with Gasteiger partial charge in [-0.15, -0.1) is 0 Å². The van der Waals surface area contributed by atoms with Gasteiger partial charge in [0, 0.05) is 17.8 Å². The van der Waals surface area contributed by atoms with Crippen LogP contribution in [0.3, 0.4) is 0 Å². The first-order chi connectivity index (χ1) is 12.2. The van der Waals surface area contributed by atoms with Gasteiger partial charge in [0.15, 0.2) is 0 Å². The van der Waals surface area contributed by atoms with Crippen LogP contribution in [0.1, 0.15) is 47.4 Å². The quantitative estimate of drug-likeness (QED) is 0.766. The van der Waals surface area contributed by atoms with Crippen molar-refractivity contribution in [3.8, 4) is 5.75 Å². The molecule has 2 aromatic rings. The third kappa shape index (κ3) is 5.35. The highest BCUT2D eigenvalue weighted by atomic mass is 16.5. The molecule has 0 aromatic heterocycles. The average molecular weight is 340 g/mol. The van der Waals surface area contributed by atoms with Gasteiger partial charge in [0.1, 0.15) is 5.75 Å². The Bertz CT molecular complexity index is 728. The zero-order valence-corrected chi connectivity index (χ0v) is 14.7. The number of amides is 2. The summed E-state index contributed by atoms with van der Waals surface area (Å²) in [6.07, 6.45) is 1.74. The number of carbonyl (C=O) groups is 2. The van der Waals surface area contributed by atoms with Gasteiger partial charge in [0.05, 0.1) is 12.2 Å². The second-order valence-corrected chi connectivity index (χ2v) is 5.64. The molecule has 0 bridgehead atoms. The molecule has 0 saturated carbocycles. The molecule has 0 atom stereocenters. The Hall–Kier alpha value is -2.82. The van der Waals surface area contributed by atoms with E-state index in [-0.39, 0.29) is 11.8 Å². The SMILES string of the molecule is CCCNC(=O)c1cccc(NC(=O)c2ccccc2OCCC)c1. The first-order valence-corrected chi connectivity index (χ1v) is 8.57.